The Labute approximate surface area is 116 Å². The molecule has 3 heteroatoms. The number of methoxy groups -OCH3 is 1. The first kappa shape index (κ1) is 14.4. The minimum atomic E-state index is 0.759. The fourth-order valence-corrected chi connectivity index (χ4v) is 2.78. The number of nitrogens with zero attached hydrogens (tertiary/aromatic N) is 1. The normalized spacial score (nSPS) is 17.6. The second-order valence-electron chi connectivity index (χ2n) is 5.48. The van der Waals surface area contributed by atoms with Crippen molar-refractivity contribution in [3.8, 4) is 5.75 Å². The molecule has 2 rings (SSSR count). The molecule has 1 aromatic carbocycles. The predicted molar refractivity (Wildman–Crippen MR) is 79.5 cm³/mol. The molecule has 0 aliphatic carbocycles. The van der Waals surface area contributed by atoms with E-state index >= 15 is 0 Å². The lowest BCUT2D eigenvalue weighted by molar-refractivity contribution is 0.186. The number of likely N-dealkylation sites (tertiary alicyclic amines) is 1. The van der Waals surface area contributed by atoms with Crippen molar-refractivity contribution in [2.75, 3.05) is 33.3 Å². The summed E-state index contributed by atoms with van der Waals surface area (Å²) in [5, 5.41) is 0. The molecule has 0 bridgehead atoms. The number of benzene rings is 1. The Morgan fingerprint density at radius 3 is 2.79 bits per heavy atom. The highest BCUT2D eigenvalue weighted by atomic mass is 16.5. The van der Waals surface area contributed by atoms with Crippen LogP contribution < -0.4 is 10.5 Å². The fraction of sp³-hybridized carbons (Fsp3) is 0.625. The Kier molecular flexibility index (Phi) is 5.67. The van der Waals surface area contributed by atoms with Gasteiger partial charge in [-0.1, -0.05) is 12.1 Å². The predicted octanol–water partition coefficient (Wildman–Crippen LogP) is 2.30. The van der Waals surface area contributed by atoms with Gasteiger partial charge >= 0.3 is 0 Å². The number of hydrogen-bond donors (Lipinski definition) is 1. The van der Waals surface area contributed by atoms with E-state index in [9.17, 15) is 0 Å². The van der Waals surface area contributed by atoms with Gasteiger partial charge in [0.25, 0.3) is 0 Å². The maximum atomic E-state index is 5.72. The van der Waals surface area contributed by atoms with Gasteiger partial charge in [-0.2, -0.15) is 0 Å². The molecule has 1 aliphatic rings. The van der Waals surface area contributed by atoms with E-state index in [1.54, 1.807) is 7.11 Å². The van der Waals surface area contributed by atoms with Gasteiger partial charge in [0, 0.05) is 0 Å². The zero-order valence-corrected chi connectivity index (χ0v) is 12.0. The Balaban J connectivity index is 1.69. The van der Waals surface area contributed by atoms with E-state index in [0.29, 0.717) is 0 Å². The van der Waals surface area contributed by atoms with Crippen LogP contribution in [0.5, 0.6) is 5.75 Å². The van der Waals surface area contributed by atoms with Crippen molar-refractivity contribution in [3.05, 3.63) is 29.8 Å². The molecule has 1 saturated heterocycles. The molecule has 19 heavy (non-hydrogen) atoms. The summed E-state index contributed by atoms with van der Waals surface area (Å²) < 4.78 is 5.25. The summed E-state index contributed by atoms with van der Waals surface area (Å²) in [4.78, 5) is 2.58. The van der Waals surface area contributed by atoms with Crippen LogP contribution in [0, 0.1) is 5.92 Å². The summed E-state index contributed by atoms with van der Waals surface area (Å²) in [5.41, 5.74) is 7.09. The summed E-state index contributed by atoms with van der Waals surface area (Å²) in [6.07, 6.45) is 4.90. The third-order valence-corrected chi connectivity index (χ3v) is 4.11. The van der Waals surface area contributed by atoms with Crippen LogP contribution in [-0.2, 0) is 6.42 Å². The van der Waals surface area contributed by atoms with Crippen LogP contribution in [0.15, 0.2) is 24.3 Å². The molecule has 1 fully saturated rings. The molecule has 0 atom stereocenters. The highest BCUT2D eigenvalue weighted by Gasteiger charge is 2.17. The molecule has 1 aromatic rings. The van der Waals surface area contributed by atoms with Crippen LogP contribution in [0.3, 0.4) is 0 Å². The van der Waals surface area contributed by atoms with Crippen molar-refractivity contribution in [1.29, 1.82) is 0 Å². The monoisotopic (exact) mass is 262 g/mol. The first-order valence-corrected chi connectivity index (χ1v) is 7.37. The molecule has 106 valence electrons. The quantitative estimate of drug-likeness (QED) is 0.855. The third kappa shape index (κ3) is 4.51. The number of piperidine rings is 1. The van der Waals surface area contributed by atoms with Gasteiger partial charge in [-0.3, -0.25) is 0 Å². The van der Waals surface area contributed by atoms with E-state index in [2.05, 4.69) is 23.1 Å². The molecule has 0 saturated carbocycles. The van der Waals surface area contributed by atoms with Gasteiger partial charge in [0.05, 0.1) is 7.11 Å². The smallest absolute Gasteiger partial charge is 0.119 e. The van der Waals surface area contributed by atoms with Crippen LogP contribution in [0.1, 0.15) is 24.8 Å². The van der Waals surface area contributed by atoms with Crippen molar-refractivity contribution >= 4 is 0 Å². The average Bonchev–Trinajstić information content (AvgIpc) is 2.48. The zero-order chi connectivity index (χ0) is 13.5. The van der Waals surface area contributed by atoms with Crippen molar-refractivity contribution in [2.24, 2.45) is 11.7 Å². The standard InChI is InChI=1S/C16H26N2O/c1-19-16-6-2-4-14(12-16)5-3-9-18-10-7-15(13-17)8-11-18/h2,4,6,12,15H,3,5,7-11,13,17H2,1H3. The number of rotatable bonds is 6. The molecule has 2 N–H and O–H groups in total. The van der Waals surface area contributed by atoms with Crippen molar-refractivity contribution in [3.63, 3.8) is 0 Å². The van der Waals surface area contributed by atoms with Crippen LogP contribution in [0.2, 0.25) is 0 Å². The van der Waals surface area contributed by atoms with Crippen molar-refractivity contribution in [1.82, 2.24) is 4.90 Å². The van der Waals surface area contributed by atoms with Gasteiger partial charge < -0.3 is 15.4 Å². The van der Waals surface area contributed by atoms with E-state index in [-0.39, 0.29) is 0 Å². The molecule has 1 aliphatic heterocycles. The summed E-state index contributed by atoms with van der Waals surface area (Å²) in [5.74, 6) is 1.72. The van der Waals surface area contributed by atoms with E-state index in [0.717, 1.165) is 24.6 Å². The maximum Gasteiger partial charge on any atom is 0.119 e. The Morgan fingerprint density at radius 1 is 1.32 bits per heavy atom. The number of hydrogen-bond acceptors (Lipinski definition) is 3. The number of aryl methyl sites for hydroxylation is 1. The highest BCUT2D eigenvalue weighted by Crippen LogP contribution is 2.17. The third-order valence-electron chi connectivity index (χ3n) is 4.11. The summed E-state index contributed by atoms with van der Waals surface area (Å²) in [7, 11) is 1.72. The SMILES string of the molecule is COc1cccc(CCCN2CCC(CN)CC2)c1. The number of ether oxygens (including phenoxy) is 1. The Morgan fingerprint density at radius 2 is 2.11 bits per heavy atom. The second-order valence-corrected chi connectivity index (χ2v) is 5.48. The van der Waals surface area contributed by atoms with Gasteiger partial charge in [0.15, 0.2) is 0 Å². The van der Waals surface area contributed by atoms with Crippen LogP contribution in [0.25, 0.3) is 0 Å². The Hall–Kier alpha value is -1.06. The lowest BCUT2D eigenvalue weighted by atomic mass is 9.97. The molecular weight excluding hydrogens is 236 g/mol. The second kappa shape index (κ2) is 7.51. The van der Waals surface area contributed by atoms with Crippen LogP contribution in [0.4, 0.5) is 0 Å². The van der Waals surface area contributed by atoms with Gasteiger partial charge in [0.1, 0.15) is 5.75 Å². The molecule has 0 aromatic heterocycles. The zero-order valence-electron chi connectivity index (χ0n) is 12.0. The average molecular weight is 262 g/mol. The molecule has 0 unspecified atom stereocenters. The molecule has 3 nitrogen and oxygen atoms in total. The van der Waals surface area contributed by atoms with E-state index < -0.39 is 0 Å². The molecule has 1 heterocycles. The van der Waals surface area contributed by atoms with Gasteiger partial charge in [-0.25, -0.2) is 0 Å². The first-order valence-electron chi connectivity index (χ1n) is 7.37. The minimum Gasteiger partial charge on any atom is -0.497 e. The molecule has 0 radical (unpaired) electrons. The summed E-state index contributed by atoms with van der Waals surface area (Å²) in [6, 6.07) is 8.39. The lowest BCUT2D eigenvalue weighted by Gasteiger charge is -2.31. The maximum absolute atomic E-state index is 5.72. The van der Waals surface area contributed by atoms with Crippen LogP contribution in [-0.4, -0.2) is 38.2 Å². The summed E-state index contributed by atoms with van der Waals surface area (Å²) in [6.45, 7) is 4.51. The van der Waals surface area contributed by atoms with Gasteiger partial charge in [-0.15, -0.1) is 0 Å². The van der Waals surface area contributed by atoms with Gasteiger partial charge in [-0.05, 0) is 75.5 Å². The van der Waals surface area contributed by atoms with E-state index in [1.807, 2.05) is 6.07 Å². The first-order chi connectivity index (χ1) is 9.31. The van der Waals surface area contributed by atoms with Crippen molar-refractivity contribution in [2.45, 2.75) is 25.7 Å². The topological polar surface area (TPSA) is 38.5 Å². The fourth-order valence-electron chi connectivity index (χ4n) is 2.78. The molecule has 0 spiro atoms. The Bertz CT molecular complexity index is 373. The lowest BCUT2D eigenvalue weighted by Crippen LogP contribution is -2.36. The molecule has 0 amide bonds. The van der Waals surface area contributed by atoms with E-state index in [1.165, 1.54) is 44.5 Å². The summed E-state index contributed by atoms with van der Waals surface area (Å²) >= 11 is 0. The molecular formula is C16H26N2O. The minimum absolute atomic E-state index is 0.759. The largest absolute Gasteiger partial charge is 0.497 e. The highest BCUT2D eigenvalue weighted by molar-refractivity contribution is 5.28. The van der Waals surface area contributed by atoms with E-state index in [4.69, 9.17) is 10.5 Å². The number of nitrogens with two attached hydrogens (primary N) is 1. The van der Waals surface area contributed by atoms with Gasteiger partial charge in [0.2, 0.25) is 0 Å². The van der Waals surface area contributed by atoms with Crippen LogP contribution >= 0.6 is 0 Å². The van der Waals surface area contributed by atoms with Crippen molar-refractivity contribution < 1.29 is 4.74 Å².